The minimum atomic E-state index is -0.352. The molecule has 2 N–H and O–H groups in total. The van der Waals surface area contributed by atoms with Crippen LogP contribution in [0.2, 0.25) is 0 Å². The minimum absolute atomic E-state index is 0.341. The van der Waals surface area contributed by atoms with Gasteiger partial charge in [0.05, 0.1) is 12.6 Å². The van der Waals surface area contributed by atoms with Crippen molar-refractivity contribution in [2.75, 3.05) is 26.2 Å². The lowest BCUT2D eigenvalue weighted by Gasteiger charge is -2.34. The van der Waals surface area contributed by atoms with Crippen molar-refractivity contribution in [2.45, 2.75) is 44.8 Å². The third-order valence-corrected chi connectivity index (χ3v) is 6.57. The topological polar surface area (TPSA) is 66.2 Å². The normalized spacial score (nSPS) is 21.1. The van der Waals surface area contributed by atoms with Crippen molar-refractivity contribution in [3.05, 3.63) is 47.5 Å². The summed E-state index contributed by atoms with van der Waals surface area (Å²) >= 11 is 0. The average Bonchev–Trinajstić information content (AvgIpc) is 3.09. The van der Waals surface area contributed by atoms with E-state index in [1.165, 1.54) is 12.8 Å². The number of hydrogen-bond donors (Lipinski definition) is 2. The minimum Gasteiger partial charge on any atom is -0.388 e. The van der Waals surface area contributed by atoms with Crippen LogP contribution in [0.5, 0.6) is 0 Å². The van der Waals surface area contributed by atoms with Gasteiger partial charge >= 0.3 is 0 Å². The maximum Gasteiger partial charge on any atom is 0.146 e. The van der Waals surface area contributed by atoms with Gasteiger partial charge in [-0.15, -0.1) is 10.2 Å². The molecule has 0 spiro atoms. The van der Waals surface area contributed by atoms with Gasteiger partial charge in [-0.2, -0.15) is 0 Å². The standard InChI is InChI=1S/C22H33N5O/c1-26-20(15-17-7-11-23-12-8-17)24-25-21(26)16-27-13-9-19(10-14-27)22(28)18-5-3-2-4-6-18/h2-6,17,19,22-23,28H,7-16H2,1H3/t22-/m0/s1. The summed E-state index contributed by atoms with van der Waals surface area (Å²) in [5, 5.41) is 23.1. The Labute approximate surface area is 168 Å². The van der Waals surface area contributed by atoms with E-state index in [0.29, 0.717) is 5.92 Å². The van der Waals surface area contributed by atoms with E-state index >= 15 is 0 Å². The number of nitrogens with one attached hydrogen (secondary N) is 1. The van der Waals surface area contributed by atoms with Crippen molar-refractivity contribution < 1.29 is 5.11 Å². The second kappa shape index (κ2) is 9.16. The highest BCUT2D eigenvalue weighted by Crippen LogP contribution is 2.31. The summed E-state index contributed by atoms with van der Waals surface area (Å²) in [4.78, 5) is 2.45. The van der Waals surface area contributed by atoms with Crippen LogP contribution in [0, 0.1) is 11.8 Å². The molecule has 152 valence electrons. The molecule has 6 heteroatoms. The lowest BCUT2D eigenvalue weighted by Crippen LogP contribution is -2.36. The molecule has 1 atom stereocenters. The Hall–Kier alpha value is -1.76. The Morgan fingerprint density at radius 3 is 2.43 bits per heavy atom. The first-order valence-electron chi connectivity index (χ1n) is 10.7. The highest BCUT2D eigenvalue weighted by atomic mass is 16.3. The zero-order valence-corrected chi connectivity index (χ0v) is 16.9. The van der Waals surface area contributed by atoms with Crippen LogP contribution in [-0.2, 0) is 20.0 Å². The molecule has 3 heterocycles. The molecule has 0 aliphatic carbocycles. The molecule has 1 aromatic carbocycles. The summed E-state index contributed by atoms with van der Waals surface area (Å²) in [7, 11) is 2.11. The molecular weight excluding hydrogens is 350 g/mol. The van der Waals surface area contributed by atoms with E-state index < -0.39 is 0 Å². The molecule has 2 aliphatic heterocycles. The maximum atomic E-state index is 10.7. The lowest BCUT2D eigenvalue weighted by molar-refractivity contribution is 0.0558. The summed E-state index contributed by atoms with van der Waals surface area (Å²) in [5.41, 5.74) is 1.04. The van der Waals surface area contributed by atoms with Crippen LogP contribution in [-0.4, -0.2) is 50.9 Å². The van der Waals surface area contributed by atoms with Crippen molar-refractivity contribution in [1.29, 1.82) is 0 Å². The molecule has 4 rings (SSSR count). The van der Waals surface area contributed by atoms with Crippen molar-refractivity contribution in [1.82, 2.24) is 25.0 Å². The van der Waals surface area contributed by atoms with E-state index in [1.54, 1.807) is 0 Å². The average molecular weight is 384 g/mol. The number of rotatable bonds is 6. The largest absolute Gasteiger partial charge is 0.388 e. The molecule has 0 saturated carbocycles. The zero-order valence-electron chi connectivity index (χ0n) is 16.9. The number of hydrogen-bond acceptors (Lipinski definition) is 5. The molecular formula is C22H33N5O. The van der Waals surface area contributed by atoms with Crippen molar-refractivity contribution in [2.24, 2.45) is 18.9 Å². The van der Waals surface area contributed by atoms with E-state index in [9.17, 15) is 5.11 Å². The molecule has 0 radical (unpaired) electrons. The second-order valence-electron chi connectivity index (χ2n) is 8.46. The van der Waals surface area contributed by atoms with Crippen LogP contribution in [0.4, 0.5) is 0 Å². The predicted molar refractivity (Wildman–Crippen MR) is 110 cm³/mol. The van der Waals surface area contributed by atoms with Gasteiger partial charge in [0.25, 0.3) is 0 Å². The van der Waals surface area contributed by atoms with Gasteiger partial charge in [-0.05, 0) is 69.3 Å². The molecule has 6 nitrogen and oxygen atoms in total. The molecule has 28 heavy (non-hydrogen) atoms. The van der Waals surface area contributed by atoms with Gasteiger partial charge in [0.2, 0.25) is 0 Å². The van der Waals surface area contributed by atoms with Gasteiger partial charge in [-0.1, -0.05) is 30.3 Å². The van der Waals surface area contributed by atoms with Crippen molar-refractivity contribution in [3.63, 3.8) is 0 Å². The van der Waals surface area contributed by atoms with Gasteiger partial charge in [-0.25, -0.2) is 0 Å². The SMILES string of the molecule is Cn1c(CC2CCNCC2)nnc1CN1CCC([C@@H](O)c2ccccc2)CC1. The Morgan fingerprint density at radius 1 is 1.04 bits per heavy atom. The molecule has 2 saturated heterocycles. The Morgan fingerprint density at radius 2 is 1.71 bits per heavy atom. The fourth-order valence-electron chi connectivity index (χ4n) is 4.61. The van der Waals surface area contributed by atoms with Crippen LogP contribution in [0.3, 0.4) is 0 Å². The van der Waals surface area contributed by atoms with E-state index in [-0.39, 0.29) is 6.10 Å². The fraction of sp³-hybridized carbons (Fsp3) is 0.636. The highest BCUT2D eigenvalue weighted by molar-refractivity contribution is 5.18. The van der Waals surface area contributed by atoms with Crippen LogP contribution in [0.15, 0.2) is 30.3 Å². The number of aromatic nitrogens is 3. The molecule has 0 bridgehead atoms. The van der Waals surface area contributed by atoms with Crippen LogP contribution < -0.4 is 5.32 Å². The van der Waals surface area contributed by atoms with Gasteiger partial charge in [0, 0.05) is 13.5 Å². The summed E-state index contributed by atoms with van der Waals surface area (Å²) in [6.45, 7) is 5.11. The van der Waals surface area contributed by atoms with Gasteiger partial charge < -0.3 is 15.0 Å². The number of likely N-dealkylation sites (tertiary alicyclic amines) is 1. The molecule has 0 amide bonds. The summed E-state index contributed by atoms with van der Waals surface area (Å²) < 4.78 is 2.20. The maximum absolute atomic E-state index is 10.7. The van der Waals surface area contributed by atoms with E-state index in [2.05, 4.69) is 32.0 Å². The first-order chi connectivity index (χ1) is 13.7. The molecule has 0 unspecified atom stereocenters. The molecule has 2 aromatic rings. The number of aliphatic hydroxyl groups is 1. The third kappa shape index (κ3) is 4.62. The van der Waals surface area contributed by atoms with E-state index in [4.69, 9.17) is 0 Å². The summed E-state index contributed by atoms with van der Waals surface area (Å²) in [6.07, 6.45) is 5.20. The van der Waals surface area contributed by atoms with Crippen molar-refractivity contribution in [3.8, 4) is 0 Å². The second-order valence-corrected chi connectivity index (χ2v) is 8.46. The number of benzene rings is 1. The predicted octanol–water partition coefficient (Wildman–Crippen LogP) is 2.30. The smallest absolute Gasteiger partial charge is 0.146 e. The van der Waals surface area contributed by atoms with Crippen LogP contribution in [0.1, 0.15) is 49.0 Å². The Balaban J connectivity index is 1.29. The quantitative estimate of drug-likeness (QED) is 0.801. The van der Waals surface area contributed by atoms with Gasteiger partial charge in [0.1, 0.15) is 11.6 Å². The number of aliphatic hydroxyl groups excluding tert-OH is 1. The number of nitrogens with zero attached hydrogens (tertiary/aromatic N) is 4. The molecule has 2 fully saturated rings. The van der Waals surface area contributed by atoms with E-state index in [1.807, 2.05) is 30.3 Å². The summed E-state index contributed by atoms with van der Waals surface area (Å²) in [5.74, 6) is 3.25. The monoisotopic (exact) mass is 383 g/mol. The van der Waals surface area contributed by atoms with Gasteiger partial charge in [0.15, 0.2) is 0 Å². The molecule has 1 aromatic heterocycles. The van der Waals surface area contributed by atoms with E-state index in [0.717, 1.165) is 75.1 Å². The van der Waals surface area contributed by atoms with Crippen LogP contribution in [0.25, 0.3) is 0 Å². The van der Waals surface area contributed by atoms with Gasteiger partial charge in [-0.3, -0.25) is 4.90 Å². The van der Waals surface area contributed by atoms with Crippen LogP contribution >= 0.6 is 0 Å². The zero-order chi connectivity index (χ0) is 19.3. The highest BCUT2D eigenvalue weighted by Gasteiger charge is 2.27. The lowest BCUT2D eigenvalue weighted by atomic mass is 9.87. The summed E-state index contributed by atoms with van der Waals surface area (Å²) in [6, 6.07) is 10.1. The fourth-order valence-corrected chi connectivity index (χ4v) is 4.61. The Bertz CT molecular complexity index is 733. The molecule has 2 aliphatic rings. The van der Waals surface area contributed by atoms with Crippen molar-refractivity contribution >= 4 is 0 Å². The first-order valence-corrected chi connectivity index (χ1v) is 10.7. The Kier molecular flexibility index (Phi) is 6.40. The number of piperidine rings is 2. The first kappa shape index (κ1) is 19.6. The third-order valence-electron chi connectivity index (χ3n) is 6.57.